The minimum absolute atomic E-state index is 0.0137. The van der Waals surface area contributed by atoms with Gasteiger partial charge in [0.25, 0.3) is 5.56 Å². The molecule has 4 aromatic rings. The molecule has 9 heteroatoms. The van der Waals surface area contributed by atoms with E-state index in [9.17, 15) is 9.59 Å². The van der Waals surface area contributed by atoms with Crippen LogP contribution < -0.4 is 15.0 Å². The second-order valence-electron chi connectivity index (χ2n) is 8.18. The van der Waals surface area contributed by atoms with E-state index in [2.05, 4.69) is 15.1 Å². The van der Waals surface area contributed by atoms with Crippen molar-refractivity contribution in [1.82, 2.24) is 24.6 Å². The Balaban J connectivity index is 1.32. The van der Waals surface area contributed by atoms with Crippen LogP contribution in [0, 0.1) is 0 Å². The van der Waals surface area contributed by atoms with Gasteiger partial charge < -0.3 is 19.4 Å². The van der Waals surface area contributed by atoms with Crippen molar-refractivity contribution in [3.8, 4) is 17.2 Å². The third kappa shape index (κ3) is 4.00. The van der Waals surface area contributed by atoms with Crippen LogP contribution in [0.2, 0.25) is 0 Å². The minimum atomic E-state index is -0.262. The molecule has 0 spiro atoms. The SMILES string of the molecule is COc1cc2c(cc1OC)CN(C(=O)CCc1nc3c(cnn3-c3ccccc3)c(=O)[nH]1)CC2. The number of hydrogen-bond donors (Lipinski definition) is 1. The average Bonchev–Trinajstić information content (AvgIpc) is 3.31. The summed E-state index contributed by atoms with van der Waals surface area (Å²) in [7, 11) is 3.22. The molecule has 5 rings (SSSR count). The zero-order valence-corrected chi connectivity index (χ0v) is 19.1. The number of amides is 1. The highest BCUT2D eigenvalue weighted by Gasteiger charge is 2.23. The maximum Gasteiger partial charge on any atom is 0.262 e. The fourth-order valence-corrected chi connectivity index (χ4v) is 4.32. The molecule has 2 aromatic heterocycles. The molecule has 0 saturated carbocycles. The maximum atomic E-state index is 13.0. The number of rotatable bonds is 6. The number of nitrogens with one attached hydrogen (secondary N) is 1. The standard InChI is InChI=1S/C25H25N5O4/c1-33-20-12-16-10-11-29(15-17(16)13-21(20)34-2)23(31)9-8-22-27-24-19(25(32)28-22)14-26-30(24)18-6-4-3-5-7-18/h3-7,12-14H,8-11,15H2,1-2H3,(H,27,28,32). The van der Waals surface area contributed by atoms with E-state index in [0.29, 0.717) is 47.9 Å². The number of aromatic amines is 1. The number of carbonyl (C=O) groups excluding carboxylic acids is 1. The molecule has 0 radical (unpaired) electrons. The number of methoxy groups -OCH3 is 2. The summed E-state index contributed by atoms with van der Waals surface area (Å²) in [5, 5.41) is 4.74. The van der Waals surface area contributed by atoms with Gasteiger partial charge in [0.2, 0.25) is 5.91 Å². The number of ether oxygens (including phenoxy) is 2. The Morgan fingerprint density at radius 2 is 1.82 bits per heavy atom. The predicted octanol–water partition coefficient (Wildman–Crippen LogP) is 2.64. The second-order valence-corrected chi connectivity index (χ2v) is 8.18. The molecule has 9 nitrogen and oxygen atoms in total. The second kappa shape index (κ2) is 9.01. The fourth-order valence-electron chi connectivity index (χ4n) is 4.32. The Morgan fingerprint density at radius 1 is 1.09 bits per heavy atom. The summed E-state index contributed by atoms with van der Waals surface area (Å²) in [5.74, 6) is 1.83. The number of hydrogen-bond acceptors (Lipinski definition) is 6. The van der Waals surface area contributed by atoms with Crippen LogP contribution in [0.3, 0.4) is 0 Å². The highest BCUT2D eigenvalue weighted by atomic mass is 16.5. The summed E-state index contributed by atoms with van der Waals surface area (Å²) < 4.78 is 12.4. The van der Waals surface area contributed by atoms with E-state index in [0.717, 1.165) is 23.2 Å². The van der Waals surface area contributed by atoms with Crippen LogP contribution in [0.25, 0.3) is 16.7 Å². The van der Waals surface area contributed by atoms with E-state index in [1.165, 1.54) is 6.20 Å². The predicted molar refractivity (Wildman–Crippen MR) is 126 cm³/mol. The number of nitrogens with zero attached hydrogens (tertiary/aromatic N) is 4. The van der Waals surface area contributed by atoms with E-state index in [4.69, 9.17) is 9.47 Å². The number of aromatic nitrogens is 4. The lowest BCUT2D eigenvalue weighted by atomic mass is 9.98. The largest absolute Gasteiger partial charge is 0.493 e. The number of para-hydroxylation sites is 1. The number of aryl methyl sites for hydroxylation is 1. The molecule has 0 atom stereocenters. The summed E-state index contributed by atoms with van der Waals surface area (Å²) >= 11 is 0. The van der Waals surface area contributed by atoms with Gasteiger partial charge in [0.05, 0.1) is 26.1 Å². The Hall–Kier alpha value is -4.14. The van der Waals surface area contributed by atoms with Gasteiger partial charge in [-0.05, 0) is 41.8 Å². The monoisotopic (exact) mass is 459 g/mol. The first-order chi connectivity index (χ1) is 16.6. The molecular formula is C25H25N5O4. The molecule has 34 heavy (non-hydrogen) atoms. The molecule has 2 aromatic carbocycles. The lowest BCUT2D eigenvalue weighted by molar-refractivity contribution is -0.132. The molecule has 1 aliphatic rings. The summed E-state index contributed by atoms with van der Waals surface area (Å²) in [5.41, 5.74) is 3.24. The third-order valence-corrected chi connectivity index (χ3v) is 6.13. The maximum absolute atomic E-state index is 13.0. The molecule has 0 bridgehead atoms. The van der Waals surface area contributed by atoms with Crippen molar-refractivity contribution < 1.29 is 14.3 Å². The highest BCUT2D eigenvalue weighted by molar-refractivity contribution is 5.77. The van der Waals surface area contributed by atoms with Gasteiger partial charge in [-0.1, -0.05) is 18.2 Å². The molecule has 1 aliphatic heterocycles. The van der Waals surface area contributed by atoms with Crippen molar-refractivity contribution in [3.05, 3.63) is 76.0 Å². The first kappa shape index (κ1) is 21.7. The molecule has 1 amide bonds. The van der Waals surface area contributed by atoms with Crippen molar-refractivity contribution >= 4 is 16.9 Å². The molecule has 0 aliphatic carbocycles. The zero-order valence-electron chi connectivity index (χ0n) is 19.1. The van der Waals surface area contributed by atoms with E-state index in [1.807, 2.05) is 47.4 Å². The topological polar surface area (TPSA) is 102 Å². The first-order valence-corrected chi connectivity index (χ1v) is 11.1. The molecule has 0 fully saturated rings. The summed E-state index contributed by atoms with van der Waals surface area (Å²) in [6.07, 6.45) is 2.84. The van der Waals surface area contributed by atoms with Gasteiger partial charge >= 0.3 is 0 Å². The van der Waals surface area contributed by atoms with Crippen molar-refractivity contribution in [2.45, 2.75) is 25.8 Å². The zero-order chi connectivity index (χ0) is 23.7. The van der Waals surface area contributed by atoms with Crippen LogP contribution >= 0.6 is 0 Å². The van der Waals surface area contributed by atoms with Crippen molar-refractivity contribution in [1.29, 1.82) is 0 Å². The van der Waals surface area contributed by atoms with Gasteiger partial charge in [0.15, 0.2) is 17.1 Å². The van der Waals surface area contributed by atoms with E-state index < -0.39 is 0 Å². The Labute approximate surface area is 195 Å². The summed E-state index contributed by atoms with van der Waals surface area (Å²) in [6.45, 7) is 1.14. The molecular weight excluding hydrogens is 434 g/mol. The summed E-state index contributed by atoms with van der Waals surface area (Å²) in [4.78, 5) is 34.8. The van der Waals surface area contributed by atoms with Gasteiger partial charge in [0, 0.05) is 25.9 Å². The van der Waals surface area contributed by atoms with E-state index >= 15 is 0 Å². The number of carbonyl (C=O) groups is 1. The van der Waals surface area contributed by atoms with Crippen LogP contribution in [0.5, 0.6) is 11.5 Å². The van der Waals surface area contributed by atoms with Gasteiger partial charge in [-0.3, -0.25) is 9.59 Å². The molecule has 3 heterocycles. The number of fused-ring (bicyclic) bond motifs is 2. The third-order valence-electron chi connectivity index (χ3n) is 6.13. The first-order valence-electron chi connectivity index (χ1n) is 11.1. The molecule has 174 valence electrons. The van der Waals surface area contributed by atoms with Crippen LogP contribution in [0.1, 0.15) is 23.4 Å². The minimum Gasteiger partial charge on any atom is -0.493 e. The Bertz CT molecular complexity index is 1410. The normalized spacial score (nSPS) is 13.1. The van der Waals surface area contributed by atoms with Gasteiger partial charge in [-0.15, -0.1) is 0 Å². The lowest BCUT2D eigenvalue weighted by Gasteiger charge is -2.29. The lowest BCUT2D eigenvalue weighted by Crippen LogP contribution is -2.36. The Kier molecular flexibility index (Phi) is 5.75. The smallest absolute Gasteiger partial charge is 0.262 e. The van der Waals surface area contributed by atoms with Crippen LogP contribution in [-0.2, 0) is 24.2 Å². The van der Waals surface area contributed by atoms with Gasteiger partial charge in [-0.2, -0.15) is 5.10 Å². The van der Waals surface area contributed by atoms with Crippen LogP contribution in [0.15, 0.2) is 53.5 Å². The fraction of sp³-hybridized carbons (Fsp3) is 0.280. The Morgan fingerprint density at radius 3 is 2.56 bits per heavy atom. The number of H-pyrrole nitrogens is 1. The molecule has 0 unspecified atom stereocenters. The highest BCUT2D eigenvalue weighted by Crippen LogP contribution is 2.33. The average molecular weight is 460 g/mol. The van der Waals surface area contributed by atoms with Crippen LogP contribution in [-0.4, -0.2) is 51.3 Å². The van der Waals surface area contributed by atoms with Crippen LogP contribution in [0.4, 0.5) is 0 Å². The quantitative estimate of drug-likeness (QED) is 0.476. The van der Waals surface area contributed by atoms with Crippen molar-refractivity contribution in [2.75, 3.05) is 20.8 Å². The van der Waals surface area contributed by atoms with Gasteiger partial charge in [0.1, 0.15) is 11.2 Å². The molecule has 1 N–H and O–H groups in total. The summed E-state index contributed by atoms with van der Waals surface area (Å²) in [6, 6.07) is 13.4. The van der Waals surface area contributed by atoms with E-state index in [-0.39, 0.29) is 17.9 Å². The van der Waals surface area contributed by atoms with Gasteiger partial charge in [-0.25, -0.2) is 9.67 Å². The molecule has 0 saturated heterocycles. The number of benzene rings is 2. The van der Waals surface area contributed by atoms with Crippen molar-refractivity contribution in [2.24, 2.45) is 0 Å². The van der Waals surface area contributed by atoms with Crippen molar-refractivity contribution in [3.63, 3.8) is 0 Å². The van der Waals surface area contributed by atoms with E-state index in [1.54, 1.807) is 18.9 Å².